The van der Waals surface area contributed by atoms with Crippen molar-refractivity contribution >= 4 is 18.2 Å². The number of esters is 1. The highest BCUT2D eigenvalue weighted by Gasteiger charge is 2.17. The highest BCUT2D eigenvalue weighted by molar-refractivity contribution is 5.86. The molecule has 0 saturated heterocycles. The van der Waals surface area contributed by atoms with Crippen LogP contribution in [0.1, 0.15) is 46.0 Å². The fourth-order valence-corrected chi connectivity index (χ4v) is 4.78. The second-order valence-corrected chi connectivity index (χ2v) is 12.8. The first-order valence-electron chi connectivity index (χ1n) is 19.4. The fraction of sp³-hybridized carbons (Fsp3) is 0.465. The van der Waals surface area contributed by atoms with E-state index in [1.54, 1.807) is 31.2 Å². The van der Waals surface area contributed by atoms with Crippen LogP contribution in [0.4, 0.5) is 9.59 Å². The van der Waals surface area contributed by atoms with E-state index in [9.17, 15) is 14.4 Å². The molecule has 14 nitrogen and oxygen atoms in total. The molecule has 2 N–H and O–H groups in total. The van der Waals surface area contributed by atoms with Gasteiger partial charge in [0.05, 0.1) is 33.0 Å². The monoisotopic (exact) mass is 794 g/mol. The van der Waals surface area contributed by atoms with Crippen molar-refractivity contribution in [3.8, 4) is 23.0 Å². The van der Waals surface area contributed by atoms with Gasteiger partial charge in [-0.15, -0.1) is 0 Å². The van der Waals surface area contributed by atoms with Crippen LogP contribution < -0.4 is 29.6 Å². The first-order chi connectivity index (χ1) is 27.8. The predicted molar refractivity (Wildman–Crippen MR) is 214 cm³/mol. The van der Waals surface area contributed by atoms with Crippen molar-refractivity contribution in [2.75, 3.05) is 72.6 Å². The van der Waals surface area contributed by atoms with Crippen LogP contribution in [0.3, 0.4) is 0 Å². The van der Waals surface area contributed by atoms with Gasteiger partial charge in [-0.1, -0.05) is 56.3 Å². The first kappa shape index (κ1) is 45.9. The van der Waals surface area contributed by atoms with Gasteiger partial charge in [0.25, 0.3) is 0 Å². The molecule has 0 aromatic heterocycles. The van der Waals surface area contributed by atoms with Crippen molar-refractivity contribution in [3.63, 3.8) is 0 Å². The molecule has 0 fully saturated rings. The van der Waals surface area contributed by atoms with Crippen LogP contribution in [0.5, 0.6) is 23.0 Å². The van der Waals surface area contributed by atoms with Gasteiger partial charge >= 0.3 is 18.2 Å². The summed E-state index contributed by atoms with van der Waals surface area (Å²) in [6.07, 6.45) is 1.63. The Morgan fingerprint density at radius 1 is 0.544 bits per heavy atom. The number of alkyl carbamates (subject to hydrolysis) is 2. The molecule has 0 radical (unpaired) electrons. The molecule has 57 heavy (non-hydrogen) atoms. The highest BCUT2D eigenvalue weighted by atomic mass is 16.6. The Morgan fingerprint density at radius 2 is 1.00 bits per heavy atom. The molecule has 312 valence electrons. The first-order valence-corrected chi connectivity index (χ1v) is 19.4. The van der Waals surface area contributed by atoms with E-state index in [0.717, 1.165) is 19.3 Å². The molecule has 3 aromatic carbocycles. The highest BCUT2D eigenvalue weighted by Crippen LogP contribution is 2.18. The lowest BCUT2D eigenvalue weighted by Crippen LogP contribution is -2.35. The third-order valence-corrected chi connectivity index (χ3v) is 7.80. The van der Waals surface area contributed by atoms with Crippen LogP contribution in [0.2, 0.25) is 0 Å². The number of rotatable bonds is 30. The zero-order valence-corrected chi connectivity index (χ0v) is 33.2. The van der Waals surface area contributed by atoms with Gasteiger partial charge < -0.3 is 53.3 Å². The summed E-state index contributed by atoms with van der Waals surface area (Å²) in [6.45, 7) is 10.0. The van der Waals surface area contributed by atoms with Crippen LogP contribution in [0, 0.1) is 0 Å². The Balaban J connectivity index is 1.32. The van der Waals surface area contributed by atoms with Crippen LogP contribution in [-0.4, -0.2) is 103 Å². The second-order valence-electron chi connectivity index (χ2n) is 12.8. The number of hydrogen-bond acceptors (Lipinski definition) is 12. The molecule has 3 aromatic rings. The molecule has 0 bridgehead atoms. The van der Waals surface area contributed by atoms with Crippen LogP contribution in [-0.2, 0) is 28.5 Å². The number of para-hydroxylation sites is 2. The molecule has 0 aliphatic rings. The topological polar surface area (TPSA) is 158 Å². The Kier molecular flexibility index (Phi) is 23.3. The number of amides is 2. The van der Waals surface area contributed by atoms with E-state index < -0.39 is 30.4 Å². The second kappa shape index (κ2) is 28.9. The lowest BCUT2D eigenvalue weighted by atomic mass is 10.2. The van der Waals surface area contributed by atoms with E-state index in [1.165, 1.54) is 0 Å². The van der Waals surface area contributed by atoms with E-state index in [-0.39, 0.29) is 52.9 Å². The molecule has 2 unspecified atom stereocenters. The summed E-state index contributed by atoms with van der Waals surface area (Å²) in [5.74, 6) is 2.19. The summed E-state index contributed by atoms with van der Waals surface area (Å²) in [4.78, 5) is 36.2. The lowest BCUT2D eigenvalue weighted by Gasteiger charge is -2.19. The summed E-state index contributed by atoms with van der Waals surface area (Å²) < 4.78 is 50.9. The number of carbonyl (C=O) groups is 3. The normalized spacial score (nSPS) is 11.7. The van der Waals surface area contributed by atoms with Gasteiger partial charge in [0.2, 0.25) is 0 Å². The Morgan fingerprint density at radius 3 is 1.46 bits per heavy atom. The number of benzene rings is 3. The molecule has 2 atom stereocenters. The molecule has 3 rings (SSSR count). The van der Waals surface area contributed by atoms with Crippen LogP contribution in [0.15, 0.2) is 97.1 Å². The Bertz CT molecular complexity index is 1540. The number of unbranched alkanes of at least 4 members (excludes halogenated alkanes) is 3. The number of nitrogens with one attached hydrogen (secondary N) is 2. The quantitative estimate of drug-likeness (QED) is 0.0311. The van der Waals surface area contributed by atoms with E-state index in [4.69, 9.17) is 42.6 Å². The van der Waals surface area contributed by atoms with E-state index in [0.29, 0.717) is 61.1 Å². The summed E-state index contributed by atoms with van der Waals surface area (Å²) in [7, 11) is 0. The predicted octanol–water partition coefficient (Wildman–Crippen LogP) is 6.91. The van der Waals surface area contributed by atoms with Gasteiger partial charge in [0.15, 0.2) is 12.2 Å². The minimum Gasteiger partial charge on any atom is -0.491 e. The maximum atomic E-state index is 12.5. The third-order valence-electron chi connectivity index (χ3n) is 7.80. The summed E-state index contributed by atoms with van der Waals surface area (Å²) in [5, 5.41) is 5.49. The van der Waals surface area contributed by atoms with Gasteiger partial charge in [-0.3, -0.25) is 0 Å². The minimum absolute atomic E-state index is 0.103. The number of ether oxygens (including phenoxy) is 9. The van der Waals surface area contributed by atoms with Crippen molar-refractivity contribution in [3.05, 3.63) is 97.1 Å². The average molecular weight is 795 g/mol. The summed E-state index contributed by atoms with van der Waals surface area (Å²) in [5.41, 5.74) is 0.365. The molecule has 0 spiro atoms. The van der Waals surface area contributed by atoms with Crippen molar-refractivity contribution in [1.29, 1.82) is 0 Å². The molecular weight excluding hydrogens is 736 g/mol. The van der Waals surface area contributed by atoms with E-state index in [1.807, 2.05) is 67.6 Å². The average Bonchev–Trinajstić information content (AvgIpc) is 3.22. The molecular formula is C43H58N2O12. The third kappa shape index (κ3) is 22.0. The van der Waals surface area contributed by atoms with Crippen LogP contribution >= 0.6 is 0 Å². The zero-order valence-electron chi connectivity index (χ0n) is 33.2. The van der Waals surface area contributed by atoms with Crippen molar-refractivity contribution in [1.82, 2.24) is 10.6 Å². The van der Waals surface area contributed by atoms with E-state index in [2.05, 4.69) is 17.2 Å². The zero-order chi connectivity index (χ0) is 40.8. The molecule has 0 aliphatic heterocycles. The molecule has 14 heteroatoms. The maximum Gasteiger partial charge on any atom is 0.407 e. The Hall–Kier alpha value is -5.47. The summed E-state index contributed by atoms with van der Waals surface area (Å²) >= 11 is 0. The SMILES string of the molecule is C=C(C)C(=O)OCCCCCNC(=O)OC(COCCOc1ccc(OCCOCC(COc2ccccc2)OC(=O)NCCCC)cc1)COc1ccccc1. The molecule has 2 amide bonds. The minimum atomic E-state index is -0.664. The van der Waals surface area contributed by atoms with Crippen molar-refractivity contribution in [2.24, 2.45) is 0 Å². The molecule has 0 heterocycles. The van der Waals surface area contributed by atoms with Gasteiger partial charge in [0.1, 0.15) is 49.4 Å². The molecule has 0 saturated carbocycles. The van der Waals surface area contributed by atoms with Crippen LogP contribution in [0.25, 0.3) is 0 Å². The number of hydrogen-bond donors (Lipinski definition) is 2. The fourth-order valence-electron chi connectivity index (χ4n) is 4.78. The molecule has 0 aliphatic carbocycles. The lowest BCUT2D eigenvalue weighted by molar-refractivity contribution is -0.139. The maximum absolute atomic E-state index is 12.5. The number of carbonyl (C=O) groups excluding carboxylic acids is 3. The van der Waals surface area contributed by atoms with Gasteiger partial charge in [0, 0.05) is 18.7 Å². The van der Waals surface area contributed by atoms with Crippen molar-refractivity contribution < 1.29 is 57.0 Å². The van der Waals surface area contributed by atoms with E-state index >= 15 is 0 Å². The van der Waals surface area contributed by atoms with Gasteiger partial charge in [-0.2, -0.15) is 0 Å². The Labute approximate surface area is 336 Å². The largest absolute Gasteiger partial charge is 0.491 e. The van der Waals surface area contributed by atoms with Gasteiger partial charge in [-0.25, -0.2) is 14.4 Å². The van der Waals surface area contributed by atoms with Crippen molar-refractivity contribution in [2.45, 2.75) is 58.2 Å². The summed E-state index contributed by atoms with van der Waals surface area (Å²) in [6, 6.07) is 25.7. The smallest absolute Gasteiger partial charge is 0.407 e. The van der Waals surface area contributed by atoms with Gasteiger partial charge in [-0.05, 0) is 81.1 Å². The standard InChI is InChI=1S/C43H58N2O12/c1-4-5-23-44-42(47)56-39(32-54-35-15-9-6-10-16-35)30-49-26-28-51-37-19-21-38(22-20-37)52-29-27-50-31-40(33-55-36-17-11-7-12-18-36)57-43(48)45-24-13-8-14-25-53-41(46)34(2)3/h6-7,9-12,15-22,39-40H,2,4-5,8,13-14,23-33H2,1,3H3,(H,44,47)(H,45,48).